The molecule has 0 saturated carbocycles. The predicted molar refractivity (Wildman–Crippen MR) is 84.4 cm³/mol. The highest BCUT2D eigenvalue weighted by atomic mass is 35.5. The molecule has 0 aromatic heterocycles. The third-order valence-electron chi connectivity index (χ3n) is 3.19. The van der Waals surface area contributed by atoms with E-state index in [4.69, 9.17) is 16.3 Å². The number of nitrogens with one attached hydrogen (secondary N) is 1. The molecule has 0 heterocycles. The molecule has 2 rings (SSSR count). The summed E-state index contributed by atoms with van der Waals surface area (Å²) in [6.07, 6.45) is 1.03. The van der Waals surface area contributed by atoms with Crippen LogP contribution in [-0.4, -0.2) is 13.2 Å². The maximum Gasteiger partial charge on any atom is 0.119 e. The van der Waals surface area contributed by atoms with E-state index in [0.29, 0.717) is 12.6 Å². The molecule has 1 atom stereocenters. The molecule has 1 N–H and O–H groups in total. The van der Waals surface area contributed by atoms with E-state index in [1.54, 1.807) is 0 Å². The van der Waals surface area contributed by atoms with Crippen molar-refractivity contribution in [1.82, 2.24) is 5.32 Å². The first-order valence-electron chi connectivity index (χ1n) is 6.96. The Labute approximate surface area is 125 Å². The summed E-state index contributed by atoms with van der Waals surface area (Å²) in [6.45, 7) is 3.65. The zero-order chi connectivity index (χ0) is 14.2. The van der Waals surface area contributed by atoms with Crippen LogP contribution in [-0.2, 0) is 0 Å². The fourth-order valence-electron chi connectivity index (χ4n) is 2.11. The van der Waals surface area contributed by atoms with Gasteiger partial charge in [-0.2, -0.15) is 0 Å². The molecule has 1 unspecified atom stereocenters. The van der Waals surface area contributed by atoms with Crippen molar-refractivity contribution in [2.24, 2.45) is 0 Å². The lowest BCUT2D eigenvalue weighted by atomic mass is 10.0. The Morgan fingerprint density at radius 1 is 1.05 bits per heavy atom. The van der Waals surface area contributed by atoms with Crippen molar-refractivity contribution < 1.29 is 4.74 Å². The third-order valence-corrected chi connectivity index (χ3v) is 3.44. The maximum atomic E-state index is 5.91. The van der Waals surface area contributed by atoms with Crippen LogP contribution in [0, 0.1) is 0 Å². The second-order valence-electron chi connectivity index (χ2n) is 4.63. The zero-order valence-corrected chi connectivity index (χ0v) is 12.4. The number of halogens is 1. The Morgan fingerprint density at radius 3 is 2.40 bits per heavy atom. The molecule has 0 saturated heterocycles. The van der Waals surface area contributed by atoms with E-state index >= 15 is 0 Å². The van der Waals surface area contributed by atoms with Crippen LogP contribution >= 0.6 is 11.6 Å². The number of benzene rings is 2. The Kier molecular flexibility index (Phi) is 5.90. The van der Waals surface area contributed by atoms with Crippen LogP contribution in [0.4, 0.5) is 0 Å². The first-order chi connectivity index (χ1) is 9.79. The molecule has 0 bridgehead atoms. The van der Waals surface area contributed by atoms with E-state index in [0.717, 1.165) is 23.7 Å². The highest BCUT2D eigenvalue weighted by molar-refractivity contribution is 6.30. The molecule has 2 aromatic carbocycles. The lowest BCUT2D eigenvalue weighted by Gasteiger charge is -2.17. The first-order valence-corrected chi connectivity index (χ1v) is 7.34. The summed E-state index contributed by atoms with van der Waals surface area (Å²) in [7, 11) is 0. The maximum absolute atomic E-state index is 5.91. The molecule has 3 heteroatoms. The normalized spacial score (nSPS) is 12.1. The van der Waals surface area contributed by atoms with Crippen molar-refractivity contribution in [3.63, 3.8) is 0 Å². The molecule has 0 fully saturated rings. The highest BCUT2D eigenvalue weighted by Crippen LogP contribution is 2.18. The molecule has 2 nitrogen and oxygen atoms in total. The van der Waals surface area contributed by atoms with Crippen LogP contribution in [0.1, 0.15) is 24.9 Å². The molecular weight excluding hydrogens is 270 g/mol. The van der Waals surface area contributed by atoms with Gasteiger partial charge in [-0.3, -0.25) is 0 Å². The number of para-hydroxylation sites is 1. The molecule has 106 valence electrons. The summed E-state index contributed by atoms with van der Waals surface area (Å²) < 4.78 is 5.67. The molecule has 0 spiro atoms. The van der Waals surface area contributed by atoms with Crippen molar-refractivity contribution in [2.75, 3.05) is 13.2 Å². The molecular formula is C17H20ClNO. The molecule has 0 amide bonds. The summed E-state index contributed by atoms with van der Waals surface area (Å²) in [6, 6.07) is 18.2. The van der Waals surface area contributed by atoms with Gasteiger partial charge in [0.05, 0.1) is 0 Å². The van der Waals surface area contributed by atoms with Crippen molar-refractivity contribution in [3.8, 4) is 5.75 Å². The minimum Gasteiger partial charge on any atom is -0.492 e. The zero-order valence-electron chi connectivity index (χ0n) is 11.7. The molecule has 2 aromatic rings. The molecule has 0 radical (unpaired) electrons. The molecule has 0 aliphatic carbocycles. The third kappa shape index (κ3) is 4.55. The Bertz CT molecular complexity index is 498. The van der Waals surface area contributed by atoms with Crippen molar-refractivity contribution in [2.45, 2.75) is 19.4 Å². The fraction of sp³-hybridized carbons (Fsp3) is 0.294. The molecule has 20 heavy (non-hydrogen) atoms. The number of rotatable bonds is 7. The standard InChI is InChI=1S/C17H20ClNO/c1-2-17(14-8-10-15(18)11-9-14)19-12-13-20-16-6-4-3-5-7-16/h3-11,17,19H,2,12-13H2,1H3. The number of hydrogen-bond donors (Lipinski definition) is 1. The highest BCUT2D eigenvalue weighted by Gasteiger charge is 2.07. The van der Waals surface area contributed by atoms with Gasteiger partial charge in [0.25, 0.3) is 0 Å². The van der Waals surface area contributed by atoms with Gasteiger partial charge in [-0.05, 0) is 36.2 Å². The predicted octanol–water partition coefficient (Wildman–Crippen LogP) is 4.46. The summed E-state index contributed by atoms with van der Waals surface area (Å²) in [4.78, 5) is 0. The Balaban J connectivity index is 1.78. The van der Waals surface area contributed by atoms with E-state index in [2.05, 4.69) is 24.4 Å². The lowest BCUT2D eigenvalue weighted by Crippen LogP contribution is -2.25. The van der Waals surface area contributed by atoms with Crippen LogP contribution in [0.2, 0.25) is 5.02 Å². The smallest absolute Gasteiger partial charge is 0.119 e. The monoisotopic (exact) mass is 289 g/mol. The van der Waals surface area contributed by atoms with Crippen molar-refractivity contribution in [1.29, 1.82) is 0 Å². The van der Waals surface area contributed by atoms with Crippen LogP contribution < -0.4 is 10.1 Å². The summed E-state index contributed by atoms with van der Waals surface area (Å²) in [5.41, 5.74) is 1.26. The second kappa shape index (κ2) is 7.93. The average molecular weight is 290 g/mol. The van der Waals surface area contributed by atoms with Gasteiger partial charge < -0.3 is 10.1 Å². The van der Waals surface area contributed by atoms with E-state index in [-0.39, 0.29) is 0 Å². The van der Waals surface area contributed by atoms with E-state index < -0.39 is 0 Å². The van der Waals surface area contributed by atoms with Gasteiger partial charge in [0.15, 0.2) is 0 Å². The topological polar surface area (TPSA) is 21.3 Å². The van der Waals surface area contributed by atoms with Crippen molar-refractivity contribution in [3.05, 3.63) is 65.2 Å². The van der Waals surface area contributed by atoms with E-state index in [9.17, 15) is 0 Å². The van der Waals surface area contributed by atoms with Gasteiger partial charge in [0, 0.05) is 17.6 Å². The van der Waals surface area contributed by atoms with Gasteiger partial charge >= 0.3 is 0 Å². The summed E-state index contributed by atoms with van der Waals surface area (Å²) >= 11 is 5.91. The fourth-order valence-corrected chi connectivity index (χ4v) is 2.24. The van der Waals surface area contributed by atoms with E-state index in [1.807, 2.05) is 42.5 Å². The average Bonchev–Trinajstić information content (AvgIpc) is 2.50. The van der Waals surface area contributed by atoms with E-state index in [1.165, 1.54) is 5.56 Å². The van der Waals surface area contributed by atoms with Gasteiger partial charge in [-0.15, -0.1) is 0 Å². The van der Waals surface area contributed by atoms with Gasteiger partial charge in [0.1, 0.15) is 12.4 Å². The Hall–Kier alpha value is -1.51. The largest absolute Gasteiger partial charge is 0.492 e. The minimum atomic E-state index is 0.339. The second-order valence-corrected chi connectivity index (χ2v) is 5.06. The molecule has 0 aliphatic rings. The Morgan fingerprint density at radius 2 is 1.75 bits per heavy atom. The summed E-state index contributed by atoms with van der Waals surface area (Å²) in [5, 5.41) is 4.28. The van der Waals surface area contributed by atoms with Crippen LogP contribution in [0.15, 0.2) is 54.6 Å². The van der Waals surface area contributed by atoms with Gasteiger partial charge in [-0.1, -0.05) is 48.9 Å². The minimum absolute atomic E-state index is 0.339. The van der Waals surface area contributed by atoms with Gasteiger partial charge in [0.2, 0.25) is 0 Å². The van der Waals surface area contributed by atoms with Crippen LogP contribution in [0.25, 0.3) is 0 Å². The van der Waals surface area contributed by atoms with Crippen LogP contribution in [0.5, 0.6) is 5.75 Å². The SMILES string of the molecule is CCC(NCCOc1ccccc1)c1ccc(Cl)cc1. The van der Waals surface area contributed by atoms with Crippen molar-refractivity contribution >= 4 is 11.6 Å². The quantitative estimate of drug-likeness (QED) is 0.760. The summed E-state index contributed by atoms with van der Waals surface area (Å²) in [5.74, 6) is 0.911. The first kappa shape index (κ1) is 14.9. The van der Waals surface area contributed by atoms with Gasteiger partial charge in [-0.25, -0.2) is 0 Å². The number of ether oxygens (including phenoxy) is 1. The number of hydrogen-bond acceptors (Lipinski definition) is 2. The molecule has 0 aliphatic heterocycles. The van der Waals surface area contributed by atoms with Crippen LogP contribution in [0.3, 0.4) is 0 Å². The lowest BCUT2D eigenvalue weighted by molar-refractivity contribution is 0.304.